The monoisotopic (exact) mass is 314 g/mol. The van der Waals surface area contributed by atoms with Crippen molar-refractivity contribution < 1.29 is 4.39 Å². The van der Waals surface area contributed by atoms with E-state index in [-0.39, 0.29) is 5.82 Å². The first-order chi connectivity index (χ1) is 8.72. The van der Waals surface area contributed by atoms with Crippen LogP contribution in [0.15, 0.2) is 22.7 Å². The lowest BCUT2D eigenvalue weighted by Gasteiger charge is -2.35. The predicted molar refractivity (Wildman–Crippen MR) is 76.2 cm³/mol. The van der Waals surface area contributed by atoms with E-state index in [1.54, 1.807) is 6.07 Å². The van der Waals surface area contributed by atoms with Gasteiger partial charge in [-0.3, -0.25) is 4.90 Å². The summed E-state index contributed by atoms with van der Waals surface area (Å²) in [5.41, 5.74) is 1.10. The van der Waals surface area contributed by atoms with Crippen molar-refractivity contribution >= 4 is 15.9 Å². The van der Waals surface area contributed by atoms with Crippen LogP contribution in [-0.4, -0.2) is 31.1 Å². The van der Waals surface area contributed by atoms with E-state index >= 15 is 0 Å². The normalized spacial score (nSPS) is 18.8. The third kappa shape index (κ3) is 3.31. The van der Waals surface area contributed by atoms with Gasteiger partial charge in [0.2, 0.25) is 0 Å². The molecule has 4 heteroatoms. The Bertz CT molecular complexity index is 391. The zero-order valence-corrected chi connectivity index (χ0v) is 12.3. The summed E-state index contributed by atoms with van der Waals surface area (Å²) in [4.78, 5) is 2.46. The molecule has 1 fully saturated rings. The van der Waals surface area contributed by atoms with Crippen molar-refractivity contribution in [3.63, 3.8) is 0 Å². The molecule has 1 aromatic carbocycles. The predicted octanol–water partition coefficient (Wildman–Crippen LogP) is 3.33. The van der Waals surface area contributed by atoms with Crippen LogP contribution in [0.2, 0.25) is 0 Å². The van der Waals surface area contributed by atoms with Gasteiger partial charge in [-0.2, -0.15) is 0 Å². The third-order valence-corrected chi connectivity index (χ3v) is 4.13. The maximum Gasteiger partial charge on any atom is 0.137 e. The molecule has 1 heterocycles. The molecule has 100 valence electrons. The second kappa shape index (κ2) is 6.64. The number of piperazine rings is 1. The number of benzene rings is 1. The highest BCUT2D eigenvalue weighted by molar-refractivity contribution is 9.10. The fourth-order valence-electron chi connectivity index (χ4n) is 2.55. The van der Waals surface area contributed by atoms with E-state index < -0.39 is 0 Å². The molecule has 18 heavy (non-hydrogen) atoms. The highest BCUT2D eigenvalue weighted by Gasteiger charge is 2.21. The molecule has 1 aliphatic heterocycles. The summed E-state index contributed by atoms with van der Waals surface area (Å²) in [6, 6.07) is 5.87. The minimum atomic E-state index is -0.163. The van der Waals surface area contributed by atoms with E-state index in [0.717, 1.165) is 44.6 Å². The number of halogens is 2. The Balaban J connectivity index is 2.19. The Kier molecular flexibility index (Phi) is 5.15. The lowest BCUT2D eigenvalue weighted by atomic mass is 10.00. The van der Waals surface area contributed by atoms with Gasteiger partial charge in [0.1, 0.15) is 5.82 Å². The first-order valence-electron chi connectivity index (χ1n) is 6.62. The SMILES string of the molecule is CCC[C@@H](c1ccc(Br)c(F)c1)N1CCNCC1. The zero-order valence-electron chi connectivity index (χ0n) is 10.8. The van der Waals surface area contributed by atoms with Crippen molar-refractivity contribution in [1.82, 2.24) is 10.2 Å². The largest absolute Gasteiger partial charge is 0.314 e. The molecule has 1 aromatic rings. The molecule has 0 radical (unpaired) electrons. The summed E-state index contributed by atoms with van der Waals surface area (Å²) in [5, 5.41) is 3.36. The number of nitrogens with zero attached hydrogens (tertiary/aromatic N) is 1. The van der Waals surface area contributed by atoms with Gasteiger partial charge in [-0.25, -0.2) is 4.39 Å². The fourth-order valence-corrected chi connectivity index (χ4v) is 2.79. The lowest BCUT2D eigenvalue weighted by molar-refractivity contribution is 0.164. The average Bonchev–Trinajstić information content (AvgIpc) is 2.40. The van der Waals surface area contributed by atoms with E-state index in [1.807, 2.05) is 12.1 Å². The molecule has 1 atom stereocenters. The molecule has 0 unspecified atom stereocenters. The van der Waals surface area contributed by atoms with Gasteiger partial charge in [-0.05, 0) is 40.0 Å². The minimum Gasteiger partial charge on any atom is -0.314 e. The molecule has 0 aliphatic carbocycles. The standard InChI is InChI=1S/C14H20BrFN2/c1-2-3-14(18-8-6-17-7-9-18)11-4-5-12(15)13(16)10-11/h4-5,10,14,17H,2-3,6-9H2,1H3/t14-/m0/s1. The quantitative estimate of drug-likeness (QED) is 0.917. The van der Waals surface area contributed by atoms with E-state index in [1.165, 1.54) is 0 Å². The second-order valence-electron chi connectivity index (χ2n) is 4.76. The van der Waals surface area contributed by atoms with Crippen LogP contribution in [0.4, 0.5) is 4.39 Å². The molecule has 1 saturated heterocycles. The van der Waals surface area contributed by atoms with E-state index in [9.17, 15) is 4.39 Å². The summed E-state index contributed by atoms with van der Waals surface area (Å²) in [7, 11) is 0. The van der Waals surface area contributed by atoms with E-state index in [4.69, 9.17) is 0 Å². The van der Waals surface area contributed by atoms with Crippen LogP contribution >= 0.6 is 15.9 Å². The van der Waals surface area contributed by atoms with Crippen LogP contribution in [0.3, 0.4) is 0 Å². The molecule has 0 amide bonds. The molecular formula is C14H20BrFN2. The maximum absolute atomic E-state index is 13.7. The van der Waals surface area contributed by atoms with Crippen LogP contribution in [0.5, 0.6) is 0 Å². The highest BCUT2D eigenvalue weighted by atomic mass is 79.9. The highest BCUT2D eigenvalue weighted by Crippen LogP contribution is 2.28. The molecule has 2 nitrogen and oxygen atoms in total. The summed E-state index contributed by atoms with van der Waals surface area (Å²) in [5.74, 6) is -0.163. The molecule has 1 aliphatic rings. The first kappa shape index (κ1) is 14.0. The van der Waals surface area contributed by atoms with Crippen LogP contribution < -0.4 is 5.32 Å². The van der Waals surface area contributed by atoms with Crippen LogP contribution in [0.25, 0.3) is 0 Å². The van der Waals surface area contributed by atoms with Crippen molar-refractivity contribution in [3.8, 4) is 0 Å². The van der Waals surface area contributed by atoms with Crippen LogP contribution in [0.1, 0.15) is 31.4 Å². The lowest BCUT2D eigenvalue weighted by Crippen LogP contribution is -2.45. The Morgan fingerprint density at radius 3 is 2.72 bits per heavy atom. The topological polar surface area (TPSA) is 15.3 Å². The van der Waals surface area contributed by atoms with Crippen LogP contribution in [0, 0.1) is 5.82 Å². The number of nitrogens with one attached hydrogen (secondary N) is 1. The summed E-state index contributed by atoms with van der Waals surface area (Å²) < 4.78 is 14.2. The van der Waals surface area contributed by atoms with Gasteiger partial charge in [-0.15, -0.1) is 0 Å². The van der Waals surface area contributed by atoms with Crippen molar-refractivity contribution in [3.05, 3.63) is 34.1 Å². The van der Waals surface area contributed by atoms with Gasteiger partial charge >= 0.3 is 0 Å². The number of hydrogen-bond acceptors (Lipinski definition) is 2. The molecule has 2 rings (SSSR count). The first-order valence-corrected chi connectivity index (χ1v) is 7.41. The van der Waals surface area contributed by atoms with Gasteiger partial charge in [-0.1, -0.05) is 19.4 Å². The molecule has 1 N–H and O–H groups in total. The van der Waals surface area contributed by atoms with E-state index in [0.29, 0.717) is 10.5 Å². The molecule has 0 bridgehead atoms. The van der Waals surface area contributed by atoms with E-state index in [2.05, 4.69) is 33.1 Å². The third-order valence-electron chi connectivity index (χ3n) is 3.48. The minimum absolute atomic E-state index is 0.163. The maximum atomic E-state index is 13.7. The van der Waals surface area contributed by atoms with Crippen molar-refractivity contribution in [1.29, 1.82) is 0 Å². The number of rotatable bonds is 4. The average molecular weight is 315 g/mol. The van der Waals surface area contributed by atoms with Gasteiger partial charge in [0.25, 0.3) is 0 Å². The Hall–Kier alpha value is -0.450. The fraction of sp³-hybridized carbons (Fsp3) is 0.571. The molecule has 0 spiro atoms. The molecule has 0 saturated carbocycles. The summed E-state index contributed by atoms with van der Waals surface area (Å²) in [6.07, 6.45) is 2.20. The second-order valence-corrected chi connectivity index (χ2v) is 5.62. The van der Waals surface area contributed by atoms with Crippen LogP contribution in [-0.2, 0) is 0 Å². The Labute approximate surface area is 117 Å². The summed E-state index contributed by atoms with van der Waals surface area (Å²) >= 11 is 3.21. The smallest absolute Gasteiger partial charge is 0.137 e. The molecule has 0 aromatic heterocycles. The van der Waals surface area contributed by atoms with Crippen molar-refractivity contribution in [2.75, 3.05) is 26.2 Å². The Morgan fingerprint density at radius 2 is 2.11 bits per heavy atom. The zero-order chi connectivity index (χ0) is 13.0. The van der Waals surface area contributed by atoms with Gasteiger partial charge in [0.05, 0.1) is 4.47 Å². The van der Waals surface area contributed by atoms with Gasteiger partial charge in [0, 0.05) is 32.2 Å². The van der Waals surface area contributed by atoms with Gasteiger partial charge < -0.3 is 5.32 Å². The van der Waals surface area contributed by atoms with Crippen molar-refractivity contribution in [2.45, 2.75) is 25.8 Å². The van der Waals surface area contributed by atoms with Gasteiger partial charge in [0.15, 0.2) is 0 Å². The number of hydrogen-bond donors (Lipinski definition) is 1. The summed E-state index contributed by atoms with van der Waals surface area (Å²) in [6.45, 7) is 6.33. The van der Waals surface area contributed by atoms with Crippen molar-refractivity contribution in [2.24, 2.45) is 0 Å². The Morgan fingerprint density at radius 1 is 1.39 bits per heavy atom. The molecular weight excluding hydrogens is 295 g/mol.